The SMILES string of the molecule is CC(C)(CC(=O)O[C@H]1CC[C@]2(C)[C@H]3CC[C@@H]4[C@H]5[C@H](C6(C)CC6)CC[C@]5(C(=O)N5CCC(OP(C)(C)=O)CC5)CC[C@@]4(C)[C@]3(C)CC[C@H]2C1(C)C)OC=O. The molecule has 1 heterocycles. The second-order valence-corrected chi connectivity index (χ2v) is 24.7. The van der Waals surface area contributed by atoms with Gasteiger partial charge < -0.3 is 18.9 Å². The molecular formula is C44H72NO7P. The molecule has 6 aliphatic carbocycles. The standard InChI is InChI=1S/C44H72NO7P/c1-38(2,50-28-46)27-35(47)51-34-15-18-41(6)32(39(34,3)4)14-19-43(8)33(41)12-11-31-36-30(40(5)21-22-40)13-20-44(36,24-23-42(31,43)7)37(48)45-25-16-29(17-26-45)52-53(9,10)49/h28-34,36H,11-27H2,1-10H3/t30-,31-,32+,33-,34+,36-,41+,42-,43-,44+/m1/s1. The second-order valence-electron chi connectivity index (χ2n) is 22.0. The second kappa shape index (κ2) is 13.1. The van der Waals surface area contributed by atoms with Gasteiger partial charge in [-0.05, 0) is 155 Å². The highest BCUT2D eigenvalue weighted by molar-refractivity contribution is 7.57. The maximum Gasteiger partial charge on any atom is 0.310 e. The lowest BCUT2D eigenvalue weighted by atomic mass is 9.32. The molecule has 9 heteroatoms. The van der Waals surface area contributed by atoms with E-state index in [0.29, 0.717) is 47.4 Å². The molecule has 8 nitrogen and oxygen atoms in total. The molecule has 1 saturated heterocycles. The van der Waals surface area contributed by atoms with Crippen LogP contribution in [0.15, 0.2) is 0 Å². The summed E-state index contributed by atoms with van der Waals surface area (Å²) in [6.45, 7) is 23.9. The topological polar surface area (TPSA) is 99.2 Å². The number of ether oxygens (including phenoxy) is 2. The monoisotopic (exact) mass is 758 g/mol. The number of amides is 1. The lowest BCUT2D eigenvalue weighted by Crippen LogP contribution is -2.67. The van der Waals surface area contributed by atoms with Crippen LogP contribution < -0.4 is 0 Å². The normalized spacial score (nSPS) is 43.4. The van der Waals surface area contributed by atoms with Crippen LogP contribution in [0.5, 0.6) is 0 Å². The summed E-state index contributed by atoms with van der Waals surface area (Å²) in [6.07, 6.45) is 15.2. The molecule has 53 heavy (non-hydrogen) atoms. The average Bonchev–Trinajstić information content (AvgIpc) is 3.66. The number of fused-ring (bicyclic) bond motifs is 7. The predicted molar refractivity (Wildman–Crippen MR) is 207 cm³/mol. The molecule has 300 valence electrons. The molecule has 0 aromatic carbocycles. The third-order valence-electron chi connectivity index (χ3n) is 18.1. The minimum atomic E-state index is -2.56. The molecule has 6 saturated carbocycles. The molecule has 1 aliphatic heterocycles. The first-order valence-electron chi connectivity index (χ1n) is 21.4. The van der Waals surface area contributed by atoms with Crippen LogP contribution >= 0.6 is 7.37 Å². The molecule has 10 atom stereocenters. The number of rotatable bonds is 9. The number of carbonyl (C=O) groups excluding carboxylic acids is 3. The molecule has 0 unspecified atom stereocenters. The molecular weight excluding hydrogens is 685 g/mol. The van der Waals surface area contributed by atoms with Crippen LogP contribution in [0.4, 0.5) is 0 Å². The molecule has 0 spiro atoms. The van der Waals surface area contributed by atoms with Gasteiger partial charge in [-0.1, -0.05) is 41.5 Å². The first kappa shape index (κ1) is 39.8. The van der Waals surface area contributed by atoms with E-state index in [4.69, 9.17) is 14.0 Å². The van der Waals surface area contributed by atoms with Crippen LogP contribution in [-0.2, 0) is 32.9 Å². The largest absolute Gasteiger partial charge is 0.462 e. The zero-order valence-corrected chi connectivity index (χ0v) is 35.8. The van der Waals surface area contributed by atoms with Crippen LogP contribution in [0.25, 0.3) is 0 Å². The quantitative estimate of drug-likeness (QED) is 0.131. The van der Waals surface area contributed by atoms with E-state index in [1.165, 1.54) is 38.5 Å². The van der Waals surface area contributed by atoms with Gasteiger partial charge in [0.15, 0.2) is 7.37 Å². The van der Waals surface area contributed by atoms with Crippen molar-refractivity contribution in [3.8, 4) is 0 Å². The van der Waals surface area contributed by atoms with Crippen molar-refractivity contribution in [3.05, 3.63) is 0 Å². The van der Waals surface area contributed by atoms with Gasteiger partial charge in [-0.2, -0.15) is 0 Å². The lowest BCUT2D eigenvalue weighted by molar-refractivity contribution is -0.252. The van der Waals surface area contributed by atoms with Gasteiger partial charge in [-0.15, -0.1) is 0 Å². The summed E-state index contributed by atoms with van der Waals surface area (Å²) < 4.78 is 29.8. The first-order chi connectivity index (χ1) is 24.6. The highest BCUT2D eigenvalue weighted by atomic mass is 31.2. The molecule has 7 fully saturated rings. The third-order valence-corrected chi connectivity index (χ3v) is 18.9. The van der Waals surface area contributed by atoms with Crippen LogP contribution in [0, 0.1) is 62.1 Å². The van der Waals surface area contributed by atoms with E-state index in [1.807, 2.05) is 0 Å². The number of hydrogen-bond donors (Lipinski definition) is 0. The van der Waals surface area contributed by atoms with E-state index in [2.05, 4.69) is 46.4 Å². The Bertz CT molecular complexity index is 1510. The summed E-state index contributed by atoms with van der Waals surface area (Å²) in [5.41, 5.74) is -0.396. The summed E-state index contributed by atoms with van der Waals surface area (Å²) in [7, 11) is -2.56. The summed E-state index contributed by atoms with van der Waals surface area (Å²) in [5.74, 6) is 2.83. The Morgan fingerprint density at radius 2 is 1.45 bits per heavy atom. The van der Waals surface area contributed by atoms with Gasteiger partial charge in [0.2, 0.25) is 5.91 Å². The number of likely N-dealkylation sites (tertiary alicyclic amines) is 1. The van der Waals surface area contributed by atoms with Gasteiger partial charge in [0.05, 0.1) is 17.9 Å². The summed E-state index contributed by atoms with van der Waals surface area (Å²) >= 11 is 0. The summed E-state index contributed by atoms with van der Waals surface area (Å²) in [6, 6.07) is 0. The Labute approximate surface area is 320 Å². The molecule has 7 rings (SSSR count). The zero-order valence-electron chi connectivity index (χ0n) is 34.9. The van der Waals surface area contributed by atoms with E-state index >= 15 is 4.79 Å². The smallest absolute Gasteiger partial charge is 0.310 e. The van der Waals surface area contributed by atoms with Gasteiger partial charge in [0, 0.05) is 31.8 Å². The zero-order chi connectivity index (χ0) is 38.6. The Balaban J connectivity index is 1.13. The number of piperidine rings is 1. The maximum atomic E-state index is 15.1. The van der Waals surface area contributed by atoms with Crippen molar-refractivity contribution >= 4 is 25.7 Å². The maximum absolute atomic E-state index is 15.1. The van der Waals surface area contributed by atoms with Gasteiger partial charge in [0.1, 0.15) is 11.7 Å². The fourth-order valence-electron chi connectivity index (χ4n) is 15.1. The molecule has 0 bridgehead atoms. The fourth-order valence-corrected chi connectivity index (χ4v) is 16.0. The molecule has 0 aromatic rings. The van der Waals surface area contributed by atoms with E-state index < -0.39 is 13.0 Å². The molecule has 0 aromatic heterocycles. The van der Waals surface area contributed by atoms with Crippen molar-refractivity contribution in [1.29, 1.82) is 0 Å². The van der Waals surface area contributed by atoms with E-state index in [9.17, 15) is 14.2 Å². The predicted octanol–water partition coefficient (Wildman–Crippen LogP) is 9.67. The first-order valence-corrected chi connectivity index (χ1v) is 23.9. The highest BCUT2D eigenvalue weighted by Crippen LogP contribution is 2.79. The van der Waals surface area contributed by atoms with Gasteiger partial charge >= 0.3 is 5.97 Å². The van der Waals surface area contributed by atoms with Crippen LogP contribution in [0.1, 0.15) is 152 Å². The van der Waals surface area contributed by atoms with Crippen molar-refractivity contribution in [2.24, 2.45) is 62.1 Å². The number of carbonyl (C=O) groups is 3. The van der Waals surface area contributed by atoms with Crippen molar-refractivity contribution < 1.29 is 32.9 Å². The van der Waals surface area contributed by atoms with Gasteiger partial charge in [-0.25, -0.2) is 0 Å². The van der Waals surface area contributed by atoms with E-state index in [-0.39, 0.29) is 51.7 Å². The van der Waals surface area contributed by atoms with Crippen molar-refractivity contribution in [1.82, 2.24) is 4.90 Å². The van der Waals surface area contributed by atoms with Crippen molar-refractivity contribution in [3.63, 3.8) is 0 Å². The molecule has 1 amide bonds. The van der Waals surface area contributed by atoms with Crippen LogP contribution in [0.2, 0.25) is 0 Å². The Morgan fingerprint density at radius 3 is 2.08 bits per heavy atom. The van der Waals surface area contributed by atoms with Crippen LogP contribution in [0.3, 0.4) is 0 Å². The van der Waals surface area contributed by atoms with Gasteiger partial charge in [-0.3, -0.25) is 18.9 Å². The fraction of sp³-hybridized carbons (Fsp3) is 0.932. The van der Waals surface area contributed by atoms with E-state index in [0.717, 1.165) is 64.5 Å². The Kier molecular flexibility index (Phi) is 9.82. The molecule has 0 radical (unpaired) electrons. The number of hydrogen-bond acceptors (Lipinski definition) is 7. The number of esters is 1. The summed E-state index contributed by atoms with van der Waals surface area (Å²) in [4.78, 5) is 41.5. The van der Waals surface area contributed by atoms with Crippen molar-refractivity contribution in [2.45, 2.75) is 170 Å². The molecule has 0 N–H and O–H groups in total. The Morgan fingerprint density at radius 1 is 0.774 bits per heavy atom. The van der Waals surface area contributed by atoms with Gasteiger partial charge in [0.25, 0.3) is 6.47 Å². The minimum absolute atomic E-state index is 0.0153. The lowest BCUT2D eigenvalue weighted by Gasteiger charge is -2.73. The summed E-state index contributed by atoms with van der Waals surface area (Å²) in [5, 5.41) is 0. The molecule has 7 aliphatic rings. The average molecular weight is 758 g/mol. The Hall–Kier alpha value is -1.40. The highest BCUT2D eigenvalue weighted by Gasteiger charge is 2.73. The van der Waals surface area contributed by atoms with Crippen molar-refractivity contribution in [2.75, 3.05) is 26.4 Å². The van der Waals surface area contributed by atoms with Crippen LogP contribution in [-0.4, -0.2) is 67.5 Å². The minimum Gasteiger partial charge on any atom is -0.462 e. The number of nitrogens with zero attached hydrogens (tertiary/aromatic N) is 1. The third kappa shape index (κ3) is 6.41. The van der Waals surface area contributed by atoms with E-state index in [1.54, 1.807) is 27.2 Å².